The molecule has 1 atom stereocenters. The molecule has 0 bridgehead atoms. The Morgan fingerprint density at radius 2 is 1.86 bits per heavy atom. The first-order valence-corrected chi connectivity index (χ1v) is 8.83. The van der Waals surface area contributed by atoms with Crippen LogP contribution < -0.4 is 10.6 Å². The van der Waals surface area contributed by atoms with E-state index in [1.807, 2.05) is 24.4 Å². The molecule has 0 fully saturated rings. The van der Waals surface area contributed by atoms with Crippen molar-refractivity contribution in [3.05, 3.63) is 70.9 Å². The molecule has 7 nitrogen and oxygen atoms in total. The van der Waals surface area contributed by atoms with Crippen molar-refractivity contribution in [2.45, 2.75) is 26.4 Å². The number of fused-ring (bicyclic) bond motifs is 1. The van der Waals surface area contributed by atoms with E-state index in [0.29, 0.717) is 23.2 Å². The van der Waals surface area contributed by atoms with Crippen molar-refractivity contribution in [1.29, 1.82) is 0 Å². The van der Waals surface area contributed by atoms with E-state index in [1.54, 1.807) is 31.2 Å². The van der Waals surface area contributed by atoms with Gasteiger partial charge in [0, 0.05) is 34.8 Å². The minimum absolute atomic E-state index is 0.183. The summed E-state index contributed by atoms with van der Waals surface area (Å²) in [4.78, 5) is 38.5. The van der Waals surface area contributed by atoms with Crippen LogP contribution in [0.3, 0.4) is 0 Å². The lowest BCUT2D eigenvalue weighted by molar-refractivity contribution is -0.138. The van der Waals surface area contributed by atoms with Crippen LogP contribution in [0.25, 0.3) is 10.9 Å². The fraction of sp³-hybridized carbons (Fsp3) is 0.190. The number of H-pyrrole nitrogens is 1. The van der Waals surface area contributed by atoms with Crippen molar-refractivity contribution < 1.29 is 19.5 Å². The van der Waals surface area contributed by atoms with Gasteiger partial charge in [-0.1, -0.05) is 12.1 Å². The van der Waals surface area contributed by atoms with Gasteiger partial charge in [0.25, 0.3) is 11.8 Å². The number of carboxylic acids is 1. The molecular weight excluding hydrogens is 358 g/mol. The number of carboxylic acid groups (broad SMARTS) is 1. The molecule has 0 spiro atoms. The van der Waals surface area contributed by atoms with Gasteiger partial charge in [0.1, 0.15) is 6.04 Å². The van der Waals surface area contributed by atoms with E-state index >= 15 is 0 Å². The summed E-state index contributed by atoms with van der Waals surface area (Å²) in [5, 5.41) is 15.2. The topological polar surface area (TPSA) is 111 Å². The average Bonchev–Trinajstić information content (AvgIpc) is 3.13. The molecule has 0 aliphatic carbocycles. The molecule has 2 aromatic carbocycles. The van der Waals surface area contributed by atoms with E-state index in [2.05, 4.69) is 15.6 Å². The number of aromatic nitrogens is 1. The summed E-state index contributed by atoms with van der Waals surface area (Å²) in [6.45, 7) is 3.49. The molecule has 2 amide bonds. The quantitative estimate of drug-likeness (QED) is 0.527. The number of amides is 2. The monoisotopic (exact) mass is 379 g/mol. The number of carbonyl (C=O) groups is 3. The first kappa shape index (κ1) is 19.2. The van der Waals surface area contributed by atoms with Gasteiger partial charge in [0.2, 0.25) is 0 Å². The van der Waals surface area contributed by atoms with Crippen molar-refractivity contribution in [3.63, 3.8) is 0 Å². The average molecular weight is 379 g/mol. The molecule has 0 aliphatic rings. The van der Waals surface area contributed by atoms with E-state index < -0.39 is 17.9 Å². The Labute approximate surface area is 161 Å². The Hall–Kier alpha value is -3.61. The van der Waals surface area contributed by atoms with E-state index in [4.69, 9.17) is 5.11 Å². The van der Waals surface area contributed by atoms with Crippen molar-refractivity contribution in [3.8, 4) is 0 Å². The predicted octanol–water partition coefficient (Wildman–Crippen LogP) is 2.61. The number of benzene rings is 2. The van der Waals surface area contributed by atoms with Crippen LogP contribution in [0.15, 0.2) is 48.7 Å². The van der Waals surface area contributed by atoms with Gasteiger partial charge in [-0.2, -0.15) is 0 Å². The Morgan fingerprint density at radius 3 is 2.57 bits per heavy atom. The maximum absolute atomic E-state index is 12.4. The zero-order valence-corrected chi connectivity index (χ0v) is 15.6. The van der Waals surface area contributed by atoms with Gasteiger partial charge < -0.3 is 20.7 Å². The largest absolute Gasteiger partial charge is 0.480 e. The summed E-state index contributed by atoms with van der Waals surface area (Å²) in [5.41, 5.74) is 3.49. The smallest absolute Gasteiger partial charge is 0.325 e. The SMILES string of the molecule is Cc1cc(CNC(=O)c2ccc3[nH]ccc3c2)ccc1C(=O)N[C@@H](C)C(=O)O. The summed E-state index contributed by atoms with van der Waals surface area (Å²) in [5.74, 6) is -1.72. The van der Waals surface area contributed by atoms with E-state index in [1.165, 1.54) is 6.92 Å². The molecule has 4 N–H and O–H groups in total. The third-order valence-electron chi connectivity index (χ3n) is 4.52. The van der Waals surface area contributed by atoms with Crippen LogP contribution in [-0.4, -0.2) is 33.9 Å². The Bertz CT molecular complexity index is 1050. The summed E-state index contributed by atoms with van der Waals surface area (Å²) >= 11 is 0. The first-order chi connectivity index (χ1) is 13.3. The second-order valence-electron chi connectivity index (χ2n) is 6.65. The maximum Gasteiger partial charge on any atom is 0.325 e. The van der Waals surface area contributed by atoms with Gasteiger partial charge in [-0.3, -0.25) is 14.4 Å². The number of aryl methyl sites for hydroxylation is 1. The molecule has 0 saturated carbocycles. The number of hydrogen-bond acceptors (Lipinski definition) is 3. The van der Waals surface area contributed by atoms with Crippen molar-refractivity contribution in [2.75, 3.05) is 0 Å². The highest BCUT2D eigenvalue weighted by molar-refractivity contribution is 5.98. The molecule has 0 saturated heterocycles. The molecule has 1 aromatic heterocycles. The Morgan fingerprint density at radius 1 is 1.07 bits per heavy atom. The summed E-state index contributed by atoms with van der Waals surface area (Å²) < 4.78 is 0. The number of hydrogen-bond donors (Lipinski definition) is 4. The standard InChI is InChI=1S/C21H21N3O4/c1-12-9-14(3-5-17(12)20(26)24-13(2)21(27)28)11-23-19(25)16-4-6-18-15(10-16)7-8-22-18/h3-10,13,22H,11H2,1-2H3,(H,23,25)(H,24,26)(H,27,28)/t13-/m0/s1. The number of rotatable bonds is 6. The Balaban J connectivity index is 1.64. The number of aromatic amines is 1. The lowest BCUT2D eigenvalue weighted by Crippen LogP contribution is -2.38. The molecule has 144 valence electrons. The second-order valence-corrected chi connectivity index (χ2v) is 6.65. The van der Waals surface area contributed by atoms with Gasteiger partial charge in [0.15, 0.2) is 0 Å². The normalized spacial score (nSPS) is 11.8. The van der Waals surface area contributed by atoms with Gasteiger partial charge >= 0.3 is 5.97 Å². The minimum atomic E-state index is -1.09. The van der Waals surface area contributed by atoms with E-state index in [9.17, 15) is 14.4 Å². The molecule has 0 aliphatic heterocycles. The van der Waals surface area contributed by atoms with Gasteiger partial charge in [-0.25, -0.2) is 0 Å². The summed E-state index contributed by atoms with van der Waals surface area (Å²) in [7, 11) is 0. The van der Waals surface area contributed by atoms with Crippen molar-refractivity contribution >= 4 is 28.7 Å². The van der Waals surface area contributed by atoms with Gasteiger partial charge in [-0.05, 0) is 55.3 Å². The van der Waals surface area contributed by atoms with E-state index in [-0.39, 0.29) is 5.91 Å². The summed E-state index contributed by atoms with van der Waals surface area (Å²) in [6.07, 6.45) is 1.82. The van der Waals surface area contributed by atoms with Crippen LogP contribution >= 0.6 is 0 Å². The van der Waals surface area contributed by atoms with Crippen LogP contribution in [0.4, 0.5) is 0 Å². The van der Waals surface area contributed by atoms with Crippen molar-refractivity contribution in [2.24, 2.45) is 0 Å². The van der Waals surface area contributed by atoms with Crippen molar-refractivity contribution in [1.82, 2.24) is 15.6 Å². The minimum Gasteiger partial charge on any atom is -0.480 e. The van der Waals surface area contributed by atoms with Crippen LogP contribution in [0, 0.1) is 6.92 Å². The first-order valence-electron chi connectivity index (χ1n) is 8.83. The van der Waals surface area contributed by atoms with Crippen LogP contribution in [-0.2, 0) is 11.3 Å². The molecule has 0 radical (unpaired) electrons. The Kier molecular flexibility index (Phi) is 5.44. The van der Waals surface area contributed by atoms with Gasteiger partial charge in [0.05, 0.1) is 0 Å². The zero-order chi connectivity index (χ0) is 20.3. The molecule has 3 aromatic rings. The molecule has 1 heterocycles. The fourth-order valence-electron chi connectivity index (χ4n) is 2.91. The van der Waals surface area contributed by atoms with Crippen LogP contribution in [0.1, 0.15) is 38.8 Å². The summed E-state index contributed by atoms with van der Waals surface area (Å²) in [6, 6.07) is 11.6. The predicted molar refractivity (Wildman–Crippen MR) is 105 cm³/mol. The number of nitrogens with one attached hydrogen (secondary N) is 3. The second kappa shape index (κ2) is 7.96. The highest BCUT2D eigenvalue weighted by Gasteiger charge is 2.17. The molecule has 0 unspecified atom stereocenters. The van der Waals surface area contributed by atoms with E-state index in [0.717, 1.165) is 16.5 Å². The van der Waals surface area contributed by atoms with Crippen LogP contribution in [0.2, 0.25) is 0 Å². The molecule has 7 heteroatoms. The number of aliphatic carboxylic acids is 1. The highest BCUT2D eigenvalue weighted by atomic mass is 16.4. The molecular formula is C21H21N3O4. The third-order valence-corrected chi connectivity index (χ3v) is 4.52. The molecule has 28 heavy (non-hydrogen) atoms. The van der Waals surface area contributed by atoms with Crippen LogP contribution in [0.5, 0.6) is 0 Å². The highest BCUT2D eigenvalue weighted by Crippen LogP contribution is 2.15. The molecule has 3 rings (SSSR count). The van der Waals surface area contributed by atoms with Gasteiger partial charge in [-0.15, -0.1) is 0 Å². The maximum atomic E-state index is 12.4. The lowest BCUT2D eigenvalue weighted by atomic mass is 10.0. The fourth-order valence-corrected chi connectivity index (χ4v) is 2.91. The number of carbonyl (C=O) groups excluding carboxylic acids is 2. The third kappa shape index (κ3) is 4.20. The zero-order valence-electron chi connectivity index (χ0n) is 15.6. The lowest BCUT2D eigenvalue weighted by Gasteiger charge is -2.12.